The van der Waals surface area contributed by atoms with Crippen molar-refractivity contribution in [2.24, 2.45) is 5.92 Å². The number of nitrogens with two attached hydrogens (primary N) is 1. The number of hydrogen-bond acceptors (Lipinski definition) is 3. The van der Waals surface area contributed by atoms with E-state index < -0.39 is 0 Å². The molecule has 3 N–H and O–H groups in total. The Bertz CT molecular complexity index is 609. The summed E-state index contributed by atoms with van der Waals surface area (Å²) in [5.41, 5.74) is 8.80. The molecule has 5 heteroatoms. The van der Waals surface area contributed by atoms with Crippen molar-refractivity contribution < 1.29 is 9.59 Å². The molecule has 0 bridgehead atoms. The van der Waals surface area contributed by atoms with Crippen LogP contribution in [0.2, 0.25) is 0 Å². The molecule has 1 aromatic carbocycles. The van der Waals surface area contributed by atoms with E-state index in [1.807, 2.05) is 23.1 Å². The Hall–Kier alpha value is -2.04. The van der Waals surface area contributed by atoms with Crippen LogP contribution in [-0.4, -0.2) is 24.9 Å². The molecule has 1 aromatic rings. The van der Waals surface area contributed by atoms with Crippen LogP contribution in [0, 0.1) is 5.92 Å². The van der Waals surface area contributed by atoms with Gasteiger partial charge >= 0.3 is 0 Å². The topological polar surface area (TPSA) is 75.4 Å². The van der Waals surface area contributed by atoms with Gasteiger partial charge in [0.15, 0.2) is 0 Å². The highest BCUT2D eigenvalue weighted by Crippen LogP contribution is 2.31. The molecule has 0 aromatic heterocycles. The quantitative estimate of drug-likeness (QED) is 0.834. The molecule has 1 fully saturated rings. The van der Waals surface area contributed by atoms with Crippen LogP contribution in [0.25, 0.3) is 0 Å². The van der Waals surface area contributed by atoms with Gasteiger partial charge in [-0.15, -0.1) is 0 Å². The summed E-state index contributed by atoms with van der Waals surface area (Å²) in [5.74, 6) is 0.320. The van der Waals surface area contributed by atoms with Crippen LogP contribution < -0.4 is 16.0 Å². The molecule has 2 aliphatic rings. The molecule has 1 heterocycles. The lowest BCUT2D eigenvalue weighted by Crippen LogP contribution is -2.39. The summed E-state index contributed by atoms with van der Waals surface area (Å²) >= 11 is 0. The highest BCUT2D eigenvalue weighted by Gasteiger charge is 2.24. The fourth-order valence-electron chi connectivity index (χ4n) is 3.85. The summed E-state index contributed by atoms with van der Waals surface area (Å²) in [4.78, 5) is 26.5. The zero-order valence-electron chi connectivity index (χ0n) is 14.2. The Balaban J connectivity index is 1.53. The number of amides is 2. The van der Waals surface area contributed by atoms with Crippen LogP contribution in [-0.2, 0) is 16.0 Å². The van der Waals surface area contributed by atoms with E-state index in [0.717, 1.165) is 62.0 Å². The SMILES string of the molecule is Nc1cccc2c1CCCN2C(=O)CCNC(=O)C1CCCCC1. The number of nitrogen functional groups attached to an aromatic ring is 1. The molecule has 1 aliphatic heterocycles. The largest absolute Gasteiger partial charge is 0.398 e. The minimum atomic E-state index is 0.0606. The molecule has 0 saturated heterocycles. The Morgan fingerprint density at radius 3 is 2.75 bits per heavy atom. The van der Waals surface area contributed by atoms with Crippen LogP contribution in [0.4, 0.5) is 11.4 Å². The fraction of sp³-hybridized carbons (Fsp3) is 0.579. The van der Waals surface area contributed by atoms with E-state index in [1.54, 1.807) is 0 Å². The third-order valence-corrected chi connectivity index (χ3v) is 5.20. The Morgan fingerprint density at radius 1 is 1.17 bits per heavy atom. The van der Waals surface area contributed by atoms with Crippen molar-refractivity contribution in [1.29, 1.82) is 0 Å². The van der Waals surface area contributed by atoms with E-state index in [0.29, 0.717) is 13.0 Å². The summed E-state index contributed by atoms with van der Waals surface area (Å²) in [5, 5.41) is 2.95. The molecule has 0 spiro atoms. The zero-order chi connectivity index (χ0) is 16.9. The molecule has 0 radical (unpaired) electrons. The number of fused-ring (bicyclic) bond motifs is 1. The maximum absolute atomic E-state index is 12.6. The van der Waals surface area contributed by atoms with Crippen LogP contribution in [0.15, 0.2) is 18.2 Å². The smallest absolute Gasteiger partial charge is 0.228 e. The Labute approximate surface area is 143 Å². The molecule has 1 saturated carbocycles. The molecule has 1 aliphatic carbocycles. The number of anilines is 2. The second-order valence-corrected chi connectivity index (χ2v) is 6.87. The average molecular weight is 329 g/mol. The molecule has 130 valence electrons. The van der Waals surface area contributed by atoms with Crippen molar-refractivity contribution in [3.63, 3.8) is 0 Å². The summed E-state index contributed by atoms with van der Waals surface area (Å²) in [6.07, 6.45) is 7.68. The van der Waals surface area contributed by atoms with Crippen molar-refractivity contribution in [2.75, 3.05) is 23.7 Å². The van der Waals surface area contributed by atoms with Gasteiger partial charge in [-0.1, -0.05) is 25.3 Å². The maximum atomic E-state index is 12.6. The first-order valence-corrected chi connectivity index (χ1v) is 9.12. The number of hydrogen-bond donors (Lipinski definition) is 2. The average Bonchev–Trinajstić information content (AvgIpc) is 2.62. The van der Waals surface area contributed by atoms with Crippen LogP contribution >= 0.6 is 0 Å². The van der Waals surface area contributed by atoms with Gasteiger partial charge in [0.25, 0.3) is 0 Å². The van der Waals surface area contributed by atoms with Gasteiger partial charge in [-0.2, -0.15) is 0 Å². The Kier molecular flexibility index (Phi) is 5.38. The summed E-state index contributed by atoms with van der Waals surface area (Å²) in [6, 6.07) is 5.74. The van der Waals surface area contributed by atoms with E-state index in [9.17, 15) is 9.59 Å². The van der Waals surface area contributed by atoms with E-state index in [1.165, 1.54) is 6.42 Å². The number of carbonyl (C=O) groups is 2. The Morgan fingerprint density at radius 2 is 1.96 bits per heavy atom. The monoisotopic (exact) mass is 329 g/mol. The minimum Gasteiger partial charge on any atom is -0.398 e. The van der Waals surface area contributed by atoms with Crippen LogP contribution in [0.5, 0.6) is 0 Å². The summed E-state index contributed by atoms with van der Waals surface area (Å²) in [6.45, 7) is 1.15. The second-order valence-electron chi connectivity index (χ2n) is 6.87. The highest BCUT2D eigenvalue weighted by molar-refractivity contribution is 5.95. The lowest BCUT2D eigenvalue weighted by molar-refractivity contribution is -0.126. The molecule has 24 heavy (non-hydrogen) atoms. The third-order valence-electron chi connectivity index (χ3n) is 5.20. The minimum absolute atomic E-state index is 0.0606. The fourth-order valence-corrected chi connectivity index (χ4v) is 3.85. The first-order valence-electron chi connectivity index (χ1n) is 9.12. The molecule has 0 atom stereocenters. The van der Waals surface area contributed by atoms with Crippen molar-refractivity contribution >= 4 is 23.2 Å². The predicted molar refractivity (Wildman–Crippen MR) is 95.7 cm³/mol. The zero-order valence-corrected chi connectivity index (χ0v) is 14.2. The van der Waals surface area contributed by atoms with Crippen molar-refractivity contribution in [1.82, 2.24) is 5.32 Å². The molecule has 3 rings (SSSR count). The van der Waals surface area contributed by atoms with Crippen molar-refractivity contribution in [3.8, 4) is 0 Å². The van der Waals surface area contributed by atoms with Gasteiger partial charge in [0, 0.05) is 36.8 Å². The van der Waals surface area contributed by atoms with E-state index in [4.69, 9.17) is 5.73 Å². The van der Waals surface area contributed by atoms with Gasteiger partial charge in [-0.25, -0.2) is 0 Å². The van der Waals surface area contributed by atoms with Gasteiger partial charge in [-0.05, 0) is 43.4 Å². The first-order chi connectivity index (χ1) is 11.7. The van der Waals surface area contributed by atoms with Crippen LogP contribution in [0.1, 0.15) is 50.5 Å². The first kappa shape index (κ1) is 16.8. The van der Waals surface area contributed by atoms with Gasteiger partial charge in [-0.3, -0.25) is 9.59 Å². The van der Waals surface area contributed by atoms with Gasteiger partial charge in [0.05, 0.1) is 0 Å². The summed E-state index contributed by atoms with van der Waals surface area (Å²) in [7, 11) is 0. The number of nitrogens with zero attached hydrogens (tertiary/aromatic N) is 1. The molecule has 5 nitrogen and oxygen atoms in total. The second kappa shape index (κ2) is 7.69. The van der Waals surface area contributed by atoms with E-state index in [-0.39, 0.29) is 17.7 Å². The van der Waals surface area contributed by atoms with Gasteiger partial charge < -0.3 is 16.0 Å². The maximum Gasteiger partial charge on any atom is 0.228 e. The molecular weight excluding hydrogens is 302 g/mol. The number of rotatable bonds is 4. The highest BCUT2D eigenvalue weighted by atomic mass is 16.2. The third kappa shape index (κ3) is 3.71. The van der Waals surface area contributed by atoms with Gasteiger partial charge in [0.1, 0.15) is 0 Å². The molecule has 0 unspecified atom stereocenters. The van der Waals surface area contributed by atoms with E-state index in [2.05, 4.69) is 5.32 Å². The number of nitrogens with one attached hydrogen (secondary N) is 1. The van der Waals surface area contributed by atoms with E-state index >= 15 is 0 Å². The number of carbonyl (C=O) groups excluding carboxylic acids is 2. The lowest BCUT2D eigenvalue weighted by Gasteiger charge is -2.30. The summed E-state index contributed by atoms with van der Waals surface area (Å²) < 4.78 is 0. The molecular formula is C19H27N3O2. The predicted octanol–water partition coefficient (Wildman–Crippen LogP) is 2.63. The van der Waals surface area contributed by atoms with Crippen molar-refractivity contribution in [3.05, 3.63) is 23.8 Å². The van der Waals surface area contributed by atoms with Crippen LogP contribution in [0.3, 0.4) is 0 Å². The van der Waals surface area contributed by atoms with Gasteiger partial charge in [0.2, 0.25) is 11.8 Å². The normalized spacial score (nSPS) is 18.1. The standard InChI is InChI=1S/C19H27N3O2/c20-16-9-4-10-17-15(16)8-5-13-22(17)18(23)11-12-21-19(24)14-6-2-1-3-7-14/h4,9-10,14H,1-3,5-8,11-13,20H2,(H,21,24). The lowest BCUT2D eigenvalue weighted by atomic mass is 9.89. The van der Waals surface area contributed by atoms with Crippen molar-refractivity contribution in [2.45, 2.75) is 51.4 Å². The molecule has 2 amide bonds. The number of benzene rings is 1.